The van der Waals surface area contributed by atoms with Crippen LogP contribution in [0.25, 0.3) is 0 Å². The van der Waals surface area contributed by atoms with Crippen molar-refractivity contribution in [2.24, 2.45) is 7.05 Å². The molecule has 0 fully saturated rings. The van der Waals surface area contributed by atoms with Crippen molar-refractivity contribution in [1.82, 2.24) is 4.57 Å². The Balaban J connectivity index is 2.67. The molecule has 54 valence electrons. The van der Waals surface area contributed by atoms with Crippen LogP contribution in [0.5, 0.6) is 0 Å². The molecule has 0 atom stereocenters. The maximum absolute atomic E-state index is 10.1. The summed E-state index contributed by atoms with van der Waals surface area (Å²) in [7, 11) is 1.85. The fourth-order valence-electron chi connectivity index (χ4n) is 0.751. The van der Waals surface area contributed by atoms with Crippen LogP contribution in [0.2, 0.25) is 0 Å². The van der Waals surface area contributed by atoms with Crippen molar-refractivity contribution in [3.8, 4) is 0 Å². The Hall–Kier alpha value is -1.32. The maximum Gasteiger partial charge on any atom is 0.346 e. The molecule has 1 aromatic heterocycles. The molecule has 0 aromatic carbocycles. The summed E-state index contributed by atoms with van der Waals surface area (Å²) in [5, 5.41) is 8.35. The predicted molar refractivity (Wildman–Crippen MR) is 33.2 cm³/mol. The van der Waals surface area contributed by atoms with Gasteiger partial charge in [0.25, 0.3) is 0 Å². The standard InChI is InChI=1S/C6H8N2O2/c1-7-2-3-8(5-7)4-6(9)10/h2-3,5H,4H2,1H3/p+1. The minimum absolute atomic E-state index is 0.0286. The van der Waals surface area contributed by atoms with Crippen LogP contribution >= 0.6 is 0 Å². The lowest BCUT2D eigenvalue weighted by atomic mass is 10.6. The molecule has 1 heterocycles. The van der Waals surface area contributed by atoms with Crippen LogP contribution in [0.15, 0.2) is 18.7 Å². The monoisotopic (exact) mass is 141 g/mol. The van der Waals surface area contributed by atoms with Gasteiger partial charge < -0.3 is 5.11 Å². The molecule has 4 nitrogen and oxygen atoms in total. The zero-order chi connectivity index (χ0) is 7.56. The van der Waals surface area contributed by atoms with Crippen LogP contribution in [0, 0.1) is 0 Å². The van der Waals surface area contributed by atoms with Crippen molar-refractivity contribution in [1.29, 1.82) is 0 Å². The second-order valence-electron chi connectivity index (χ2n) is 2.15. The summed E-state index contributed by atoms with van der Waals surface area (Å²) in [6.45, 7) is 0.0286. The van der Waals surface area contributed by atoms with Crippen molar-refractivity contribution in [2.75, 3.05) is 0 Å². The van der Waals surface area contributed by atoms with Gasteiger partial charge in [-0.3, -0.25) is 0 Å². The van der Waals surface area contributed by atoms with Crippen LogP contribution < -0.4 is 4.57 Å². The molecule has 0 aliphatic carbocycles. The van der Waals surface area contributed by atoms with E-state index in [1.54, 1.807) is 27.9 Å². The molecule has 0 amide bonds. The Morgan fingerprint density at radius 1 is 1.80 bits per heavy atom. The third-order valence-corrected chi connectivity index (χ3v) is 1.14. The van der Waals surface area contributed by atoms with E-state index >= 15 is 0 Å². The van der Waals surface area contributed by atoms with Crippen molar-refractivity contribution in [2.45, 2.75) is 6.54 Å². The van der Waals surface area contributed by atoms with Crippen molar-refractivity contribution < 1.29 is 14.5 Å². The molecule has 0 aliphatic rings. The number of carboxylic acid groups (broad SMARTS) is 1. The highest BCUT2D eigenvalue weighted by atomic mass is 16.4. The van der Waals surface area contributed by atoms with E-state index < -0.39 is 5.97 Å². The number of aliphatic carboxylic acids is 1. The highest BCUT2D eigenvalue weighted by Gasteiger charge is 2.03. The van der Waals surface area contributed by atoms with E-state index in [0.29, 0.717) is 0 Å². The van der Waals surface area contributed by atoms with E-state index in [0.717, 1.165) is 0 Å². The molecule has 0 unspecified atom stereocenters. The summed E-state index contributed by atoms with van der Waals surface area (Å²) in [5.74, 6) is -0.823. The third-order valence-electron chi connectivity index (χ3n) is 1.14. The van der Waals surface area contributed by atoms with Gasteiger partial charge in [0.15, 0.2) is 6.54 Å². The van der Waals surface area contributed by atoms with Crippen LogP contribution in [-0.2, 0) is 18.4 Å². The zero-order valence-electron chi connectivity index (χ0n) is 5.69. The molecule has 10 heavy (non-hydrogen) atoms. The molecular formula is C6H9N2O2+. The molecule has 0 bridgehead atoms. The topological polar surface area (TPSA) is 46.1 Å². The van der Waals surface area contributed by atoms with Gasteiger partial charge in [-0.05, 0) is 0 Å². The molecule has 0 saturated heterocycles. The number of imidazole rings is 1. The number of carbonyl (C=O) groups is 1. The van der Waals surface area contributed by atoms with E-state index in [-0.39, 0.29) is 6.54 Å². The van der Waals surface area contributed by atoms with E-state index in [1.807, 2.05) is 7.05 Å². The summed E-state index contributed by atoms with van der Waals surface area (Å²) in [6, 6.07) is 0. The van der Waals surface area contributed by atoms with Gasteiger partial charge in [0.05, 0.1) is 7.05 Å². The van der Waals surface area contributed by atoms with Gasteiger partial charge in [0, 0.05) is 0 Å². The van der Waals surface area contributed by atoms with Gasteiger partial charge in [0.1, 0.15) is 12.4 Å². The molecule has 4 heteroatoms. The number of carboxylic acids is 1. The van der Waals surface area contributed by atoms with Crippen molar-refractivity contribution >= 4 is 5.97 Å². The Kier molecular flexibility index (Phi) is 1.71. The zero-order valence-corrected chi connectivity index (χ0v) is 5.69. The smallest absolute Gasteiger partial charge is 0.346 e. The molecule has 1 rings (SSSR count). The summed E-state index contributed by atoms with van der Waals surface area (Å²) in [4.78, 5) is 10.1. The predicted octanol–water partition coefficient (Wildman–Crippen LogP) is -0.603. The highest BCUT2D eigenvalue weighted by Crippen LogP contribution is 1.76. The molecule has 0 aliphatic heterocycles. The van der Waals surface area contributed by atoms with E-state index in [1.165, 1.54) is 0 Å². The Bertz CT molecular complexity index is 242. The summed E-state index contributed by atoms with van der Waals surface area (Å²) in [5.41, 5.74) is 0. The molecule has 0 spiro atoms. The third kappa shape index (κ3) is 1.58. The number of rotatable bonds is 2. The molecular weight excluding hydrogens is 132 g/mol. The number of nitrogens with zero attached hydrogens (tertiary/aromatic N) is 2. The fraction of sp³-hybridized carbons (Fsp3) is 0.333. The average Bonchev–Trinajstić information content (AvgIpc) is 2.13. The van der Waals surface area contributed by atoms with Crippen LogP contribution in [-0.4, -0.2) is 15.6 Å². The first-order valence-corrected chi connectivity index (χ1v) is 2.91. The number of hydrogen-bond donors (Lipinski definition) is 1. The van der Waals surface area contributed by atoms with Crippen LogP contribution in [0.1, 0.15) is 0 Å². The van der Waals surface area contributed by atoms with Crippen molar-refractivity contribution in [3.63, 3.8) is 0 Å². The summed E-state index contributed by atoms with van der Waals surface area (Å²) < 4.78 is 3.39. The Morgan fingerprint density at radius 2 is 2.50 bits per heavy atom. The lowest BCUT2D eigenvalue weighted by Gasteiger charge is -1.85. The highest BCUT2D eigenvalue weighted by molar-refractivity contribution is 5.64. The Labute approximate surface area is 58.3 Å². The minimum Gasteiger partial charge on any atom is -0.478 e. The van der Waals surface area contributed by atoms with E-state index in [9.17, 15) is 4.79 Å². The first-order valence-electron chi connectivity index (χ1n) is 2.91. The van der Waals surface area contributed by atoms with Crippen LogP contribution in [0.4, 0.5) is 0 Å². The van der Waals surface area contributed by atoms with E-state index in [4.69, 9.17) is 5.11 Å². The van der Waals surface area contributed by atoms with E-state index in [2.05, 4.69) is 0 Å². The van der Waals surface area contributed by atoms with Gasteiger partial charge in [-0.1, -0.05) is 0 Å². The lowest BCUT2D eigenvalue weighted by molar-refractivity contribution is -0.685. The van der Waals surface area contributed by atoms with Gasteiger partial charge in [-0.15, -0.1) is 0 Å². The average molecular weight is 141 g/mol. The number of aromatic nitrogens is 2. The molecule has 1 aromatic rings. The lowest BCUT2D eigenvalue weighted by Crippen LogP contribution is -2.35. The van der Waals surface area contributed by atoms with Gasteiger partial charge in [0.2, 0.25) is 6.33 Å². The maximum atomic E-state index is 10.1. The largest absolute Gasteiger partial charge is 0.478 e. The molecule has 0 radical (unpaired) electrons. The molecule has 0 saturated carbocycles. The Morgan fingerprint density at radius 3 is 2.90 bits per heavy atom. The quantitative estimate of drug-likeness (QED) is 0.559. The number of hydrogen-bond acceptors (Lipinski definition) is 1. The molecule has 1 N–H and O–H groups in total. The second kappa shape index (κ2) is 2.51. The normalized spacial score (nSPS) is 9.70. The summed E-state index contributed by atoms with van der Waals surface area (Å²) in [6.07, 6.45) is 5.23. The first-order chi connectivity index (χ1) is 4.68. The van der Waals surface area contributed by atoms with Gasteiger partial charge in [-0.25, -0.2) is 13.9 Å². The first kappa shape index (κ1) is 6.80. The minimum atomic E-state index is -0.823. The van der Waals surface area contributed by atoms with Gasteiger partial charge in [-0.2, -0.15) is 0 Å². The fourth-order valence-corrected chi connectivity index (χ4v) is 0.751. The second-order valence-corrected chi connectivity index (χ2v) is 2.15. The van der Waals surface area contributed by atoms with Gasteiger partial charge >= 0.3 is 5.97 Å². The number of aryl methyl sites for hydroxylation is 1. The van der Waals surface area contributed by atoms with Crippen molar-refractivity contribution in [3.05, 3.63) is 18.7 Å². The summed E-state index contributed by atoms with van der Waals surface area (Å²) >= 11 is 0. The SMILES string of the molecule is Cn1cc[n+](CC(=O)O)c1. The van der Waals surface area contributed by atoms with Crippen LogP contribution in [0.3, 0.4) is 0 Å².